The van der Waals surface area contributed by atoms with Crippen LogP contribution in [-0.4, -0.2) is 15.2 Å². The van der Waals surface area contributed by atoms with Crippen molar-refractivity contribution in [3.05, 3.63) is 102 Å². The van der Waals surface area contributed by atoms with E-state index in [0.717, 1.165) is 38.6 Å². The predicted octanol–water partition coefficient (Wildman–Crippen LogP) is 5.91. The maximum atomic E-state index is 9.41. The average Bonchev–Trinajstić information content (AvgIpc) is 2.79. The summed E-state index contributed by atoms with van der Waals surface area (Å²) in [5.41, 5.74) is 6.53. The molecule has 0 fully saturated rings. The second-order valence-corrected chi connectivity index (χ2v) is 7.77. The highest BCUT2D eigenvalue weighted by atomic mass is 32.2. The van der Waals surface area contributed by atoms with Crippen molar-refractivity contribution in [2.24, 2.45) is 0 Å². The number of hydrogen-bond donors (Lipinski definition) is 2. The highest BCUT2D eigenvalue weighted by molar-refractivity contribution is 7.98. The smallest absolute Gasteiger partial charge is 0.115 e. The summed E-state index contributed by atoms with van der Waals surface area (Å²) in [6, 6.07) is 27.7. The molecule has 29 heavy (non-hydrogen) atoms. The third kappa shape index (κ3) is 4.86. The third-order valence-electron chi connectivity index (χ3n) is 4.75. The zero-order valence-electron chi connectivity index (χ0n) is 15.8. The maximum Gasteiger partial charge on any atom is 0.115 e. The largest absolute Gasteiger partial charge is 0.508 e. The first-order valence-electron chi connectivity index (χ1n) is 9.39. The number of nitrogens with zero attached hydrogens (tertiary/aromatic N) is 1. The van der Waals surface area contributed by atoms with Gasteiger partial charge in [0.1, 0.15) is 5.75 Å². The molecule has 4 aromatic rings. The van der Waals surface area contributed by atoms with E-state index in [4.69, 9.17) is 5.11 Å². The number of phenols is 1. The topological polar surface area (TPSA) is 53.4 Å². The van der Waals surface area contributed by atoms with Crippen LogP contribution in [0.5, 0.6) is 5.75 Å². The van der Waals surface area contributed by atoms with E-state index in [1.54, 1.807) is 23.9 Å². The predicted molar refractivity (Wildman–Crippen MR) is 119 cm³/mol. The number of aromatic hydroxyl groups is 1. The van der Waals surface area contributed by atoms with Gasteiger partial charge in [0.2, 0.25) is 0 Å². The lowest BCUT2D eigenvalue weighted by Crippen LogP contribution is -1.87. The lowest BCUT2D eigenvalue weighted by Gasteiger charge is -2.06. The summed E-state index contributed by atoms with van der Waals surface area (Å²) < 4.78 is 0. The lowest BCUT2D eigenvalue weighted by atomic mass is 10.0. The van der Waals surface area contributed by atoms with Crippen molar-refractivity contribution in [1.82, 2.24) is 4.98 Å². The van der Waals surface area contributed by atoms with Gasteiger partial charge in [0.15, 0.2) is 0 Å². The quantitative estimate of drug-likeness (QED) is 0.396. The monoisotopic (exact) mass is 399 g/mol. The molecule has 0 spiro atoms. The molecule has 0 bridgehead atoms. The molecule has 0 amide bonds. The summed E-state index contributed by atoms with van der Waals surface area (Å²) >= 11 is 1.71. The number of rotatable bonds is 6. The normalized spacial score (nSPS) is 10.8. The molecule has 2 N–H and O–H groups in total. The van der Waals surface area contributed by atoms with Gasteiger partial charge in [-0.15, -0.1) is 11.8 Å². The fraction of sp³-hybridized carbons (Fsp3) is 0.0800. The SMILES string of the molecule is OCc1ccc(-c2ccc(SCc3ccc(-c4ccc(O)cc4)cc3)nc2)cc1. The first kappa shape index (κ1) is 19.2. The first-order valence-corrected chi connectivity index (χ1v) is 10.4. The highest BCUT2D eigenvalue weighted by Gasteiger charge is 2.03. The molecular formula is C25H21NO2S. The van der Waals surface area contributed by atoms with Crippen LogP contribution in [0.3, 0.4) is 0 Å². The van der Waals surface area contributed by atoms with Gasteiger partial charge >= 0.3 is 0 Å². The second kappa shape index (κ2) is 8.95. The van der Waals surface area contributed by atoms with E-state index in [2.05, 4.69) is 35.3 Å². The van der Waals surface area contributed by atoms with Crippen molar-refractivity contribution in [2.45, 2.75) is 17.4 Å². The minimum absolute atomic E-state index is 0.0596. The second-order valence-electron chi connectivity index (χ2n) is 6.77. The molecule has 0 saturated carbocycles. The van der Waals surface area contributed by atoms with Crippen molar-refractivity contribution >= 4 is 11.8 Å². The molecule has 0 radical (unpaired) electrons. The number of aliphatic hydroxyl groups is 1. The number of benzene rings is 3. The molecule has 4 rings (SSSR count). The Kier molecular flexibility index (Phi) is 5.94. The Morgan fingerprint density at radius 1 is 0.621 bits per heavy atom. The van der Waals surface area contributed by atoms with Crippen LogP contribution in [-0.2, 0) is 12.4 Å². The van der Waals surface area contributed by atoms with E-state index >= 15 is 0 Å². The summed E-state index contributed by atoms with van der Waals surface area (Å²) in [4.78, 5) is 4.58. The lowest BCUT2D eigenvalue weighted by molar-refractivity contribution is 0.282. The van der Waals surface area contributed by atoms with Gasteiger partial charge in [0.05, 0.1) is 11.6 Å². The molecule has 1 aromatic heterocycles. The molecule has 1 heterocycles. The van der Waals surface area contributed by atoms with Crippen LogP contribution in [0.1, 0.15) is 11.1 Å². The van der Waals surface area contributed by atoms with Crippen molar-refractivity contribution in [2.75, 3.05) is 0 Å². The molecule has 0 unspecified atom stereocenters. The molecule has 3 nitrogen and oxygen atoms in total. The molecule has 4 heteroatoms. The summed E-state index contributed by atoms with van der Waals surface area (Å²) in [7, 11) is 0. The molecular weight excluding hydrogens is 378 g/mol. The van der Waals surface area contributed by atoms with E-state index in [0.29, 0.717) is 0 Å². The summed E-state index contributed by atoms with van der Waals surface area (Å²) in [6.07, 6.45) is 1.89. The molecule has 0 aliphatic rings. The van der Waals surface area contributed by atoms with Crippen molar-refractivity contribution < 1.29 is 10.2 Å². The summed E-state index contributed by atoms with van der Waals surface area (Å²) in [5, 5.41) is 19.5. The number of phenolic OH excluding ortho intramolecular Hbond substituents is 1. The average molecular weight is 400 g/mol. The van der Waals surface area contributed by atoms with E-state index in [9.17, 15) is 5.11 Å². The van der Waals surface area contributed by atoms with Gasteiger partial charge < -0.3 is 10.2 Å². The van der Waals surface area contributed by atoms with Crippen molar-refractivity contribution in [1.29, 1.82) is 0 Å². The zero-order valence-corrected chi connectivity index (χ0v) is 16.6. The van der Waals surface area contributed by atoms with Gasteiger partial charge in [-0.05, 0) is 46.0 Å². The fourth-order valence-electron chi connectivity index (χ4n) is 3.04. The summed E-state index contributed by atoms with van der Waals surface area (Å²) in [6.45, 7) is 0.0596. The maximum absolute atomic E-state index is 9.41. The van der Waals surface area contributed by atoms with Gasteiger partial charge in [-0.1, -0.05) is 66.7 Å². The van der Waals surface area contributed by atoms with Crippen LogP contribution in [0, 0.1) is 0 Å². The van der Waals surface area contributed by atoms with E-state index in [1.807, 2.05) is 48.7 Å². The van der Waals surface area contributed by atoms with Crippen LogP contribution in [0.4, 0.5) is 0 Å². The number of aliphatic hydroxyl groups excluding tert-OH is 1. The number of pyridine rings is 1. The Labute approximate surface area is 174 Å². The molecule has 0 atom stereocenters. The first-order chi connectivity index (χ1) is 14.2. The Morgan fingerprint density at radius 2 is 1.14 bits per heavy atom. The number of aromatic nitrogens is 1. The van der Waals surface area contributed by atoms with Crippen LogP contribution in [0.15, 0.2) is 96.2 Å². The van der Waals surface area contributed by atoms with Crippen molar-refractivity contribution in [3.63, 3.8) is 0 Å². The third-order valence-corrected chi connectivity index (χ3v) is 5.76. The zero-order chi connectivity index (χ0) is 20.1. The van der Waals surface area contributed by atoms with Crippen LogP contribution in [0.2, 0.25) is 0 Å². The van der Waals surface area contributed by atoms with E-state index in [-0.39, 0.29) is 12.4 Å². The van der Waals surface area contributed by atoms with Gasteiger partial charge in [-0.25, -0.2) is 4.98 Å². The molecule has 0 aliphatic carbocycles. The van der Waals surface area contributed by atoms with Crippen molar-refractivity contribution in [3.8, 4) is 28.0 Å². The van der Waals surface area contributed by atoms with Crippen LogP contribution >= 0.6 is 11.8 Å². The molecule has 3 aromatic carbocycles. The van der Waals surface area contributed by atoms with Gasteiger partial charge in [0, 0.05) is 17.5 Å². The van der Waals surface area contributed by atoms with E-state index in [1.165, 1.54) is 5.56 Å². The number of hydrogen-bond acceptors (Lipinski definition) is 4. The number of thioether (sulfide) groups is 1. The Hall–Kier alpha value is -3.08. The molecule has 144 valence electrons. The van der Waals surface area contributed by atoms with Gasteiger partial charge in [-0.3, -0.25) is 0 Å². The molecule has 0 aliphatic heterocycles. The Balaban J connectivity index is 1.37. The van der Waals surface area contributed by atoms with Gasteiger partial charge in [0.25, 0.3) is 0 Å². The van der Waals surface area contributed by atoms with Gasteiger partial charge in [-0.2, -0.15) is 0 Å². The minimum Gasteiger partial charge on any atom is -0.508 e. The standard InChI is InChI=1S/C25H21NO2S/c27-16-18-1-5-22(6-2-18)23-11-14-25(26-15-23)29-17-19-3-7-20(8-4-19)21-9-12-24(28)13-10-21/h1-15,27-28H,16-17H2. The Morgan fingerprint density at radius 3 is 1.69 bits per heavy atom. The highest BCUT2D eigenvalue weighted by Crippen LogP contribution is 2.27. The fourth-order valence-corrected chi connectivity index (χ4v) is 3.84. The Bertz CT molecular complexity index is 1060. The minimum atomic E-state index is 0.0596. The van der Waals surface area contributed by atoms with E-state index < -0.39 is 0 Å². The summed E-state index contributed by atoms with van der Waals surface area (Å²) in [5.74, 6) is 1.13. The van der Waals surface area contributed by atoms with Crippen LogP contribution < -0.4 is 0 Å². The molecule has 0 saturated heterocycles. The van der Waals surface area contributed by atoms with Crippen LogP contribution in [0.25, 0.3) is 22.3 Å².